The van der Waals surface area contributed by atoms with E-state index in [9.17, 15) is 9.59 Å². The molecule has 0 bridgehead atoms. The Kier molecular flexibility index (Phi) is 8.69. The lowest BCUT2D eigenvalue weighted by molar-refractivity contribution is -0.158. The molecule has 2 rings (SSSR count). The lowest BCUT2D eigenvalue weighted by Gasteiger charge is -2.31. The van der Waals surface area contributed by atoms with Crippen LogP contribution in [0.2, 0.25) is 0 Å². The van der Waals surface area contributed by atoms with Crippen molar-refractivity contribution >= 4 is 11.9 Å². The molecule has 5 nitrogen and oxygen atoms in total. The van der Waals surface area contributed by atoms with Crippen LogP contribution in [-0.4, -0.2) is 36.0 Å². The minimum absolute atomic E-state index is 0.221. The Hall–Kier alpha value is -2.66. The Balaban J connectivity index is 1.94. The predicted molar refractivity (Wildman–Crippen MR) is 108 cm³/mol. The number of hydrogen-bond donors (Lipinski definition) is 0. The van der Waals surface area contributed by atoms with Crippen molar-refractivity contribution in [1.82, 2.24) is 4.90 Å². The molecule has 0 radical (unpaired) electrons. The number of carbonyl (C=O) groups is 2. The molecule has 0 aliphatic heterocycles. The molecule has 150 valence electrons. The number of likely N-dealkylation sites (N-methyl/N-ethyl adjacent to an activating group) is 1. The van der Waals surface area contributed by atoms with Crippen LogP contribution in [0.25, 0.3) is 0 Å². The van der Waals surface area contributed by atoms with Gasteiger partial charge in [-0.1, -0.05) is 74.5 Å². The third-order valence-electron chi connectivity index (χ3n) is 4.75. The van der Waals surface area contributed by atoms with E-state index >= 15 is 0 Å². The SMILES string of the molecule is CCC(C(=O)OCc1ccccc1)N(C)C(CC)C(=O)OCc1ccccc1. The first-order chi connectivity index (χ1) is 13.6. The Morgan fingerprint density at radius 3 is 1.43 bits per heavy atom. The Bertz CT molecular complexity index is 669. The molecular formula is C23H29NO4. The van der Waals surface area contributed by atoms with Crippen LogP contribution in [0, 0.1) is 0 Å². The predicted octanol–water partition coefficient (Wildman–Crippen LogP) is 3.96. The first kappa shape index (κ1) is 21.6. The monoisotopic (exact) mass is 383 g/mol. The van der Waals surface area contributed by atoms with Crippen LogP contribution in [0.3, 0.4) is 0 Å². The first-order valence-corrected chi connectivity index (χ1v) is 9.69. The molecule has 0 fully saturated rings. The highest BCUT2D eigenvalue weighted by Gasteiger charge is 2.32. The summed E-state index contributed by atoms with van der Waals surface area (Å²) in [5.41, 5.74) is 1.87. The van der Waals surface area contributed by atoms with E-state index in [1.807, 2.05) is 74.5 Å². The summed E-state index contributed by atoms with van der Waals surface area (Å²) in [6.07, 6.45) is 1.10. The molecule has 5 heteroatoms. The van der Waals surface area contributed by atoms with Crippen molar-refractivity contribution in [3.8, 4) is 0 Å². The normalized spacial score (nSPS) is 13.0. The molecule has 0 spiro atoms. The quantitative estimate of drug-likeness (QED) is 0.581. The highest BCUT2D eigenvalue weighted by molar-refractivity contribution is 5.79. The van der Waals surface area contributed by atoms with Gasteiger partial charge in [-0.05, 0) is 31.0 Å². The highest BCUT2D eigenvalue weighted by atomic mass is 16.5. The van der Waals surface area contributed by atoms with Crippen LogP contribution in [0.1, 0.15) is 37.8 Å². The van der Waals surface area contributed by atoms with Crippen LogP contribution in [-0.2, 0) is 32.3 Å². The van der Waals surface area contributed by atoms with Gasteiger partial charge in [-0.15, -0.1) is 0 Å². The zero-order chi connectivity index (χ0) is 20.4. The van der Waals surface area contributed by atoms with E-state index in [2.05, 4.69) is 0 Å². The molecule has 2 aromatic carbocycles. The van der Waals surface area contributed by atoms with Crippen LogP contribution in [0.15, 0.2) is 60.7 Å². The summed E-state index contributed by atoms with van der Waals surface area (Å²) in [6.45, 7) is 4.26. The van der Waals surface area contributed by atoms with Gasteiger partial charge in [-0.25, -0.2) is 0 Å². The smallest absolute Gasteiger partial charge is 0.323 e. The van der Waals surface area contributed by atoms with E-state index in [0.717, 1.165) is 11.1 Å². The third-order valence-corrected chi connectivity index (χ3v) is 4.75. The minimum atomic E-state index is -0.502. The topological polar surface area (TPSA) is 55.8 Å². The molecule has 0 aliphatic carbocycles. The lowest BCUT2D eigenvalue weighted by Crippen LogP contribution is -2.49. The van der Waals surface area contributed by atoms with Crippen molar-refractivity contribution in [2.45, 2.75) is 52.0 Å². The summed E-state index contributed by atoms with van der Waals surface area (Å²) < 4.78 is 10.9. The van der Waals surface area contributed by atoms with E-state index < -0.39 is 12.1 Å². The Morgan fingerprint density at radius 2 is 1.11 bits per heavy atom. The van der Waals surface area contributed by atoms with Gasteiger partial charge in [0.25, 0.3) is 0 Å². The highest BCUT2D eigenvalue weighted by Crippen LogP contribution is 2.15. The summed E-state index contributed by atoms with van der Waals surface area (Å²) in [5.74, 6) is -0.661. The second-order valence-electron chi connectivity index (χ2n) is 6.70. The summed E-state index contributed by atoms with van der Waals surface area (Å²) in [5, 5.41) is 0. The second-order valence-corrected chi connectivity index (χ2v) is 6.70. The van der Waals surface area contributed by atoms with Gasteiger partial charge in [-0.3, -0.25) is 14.5 Å². The van der Waals surface area contributed by atoms with Crippen molar-refractivity contribution in [2.75, 3.05) is 7.05 Å². The average Bonchev–Trinajstić information content (AvgIpc) is 2.73. The summed E-state index contributed by atoms with van der Waals surface area (Å²) in [6, 6.07) is 18.1. The van der Waals surface area contributed by atoms with Gasteiger partial charge >= 0.3 is 11.9 Å². The van der Waals surface area contributed by atoms with Crippen LogP contribution in [0.5, 0.6) is 0 Å². The van der Waals surface area contributed by atoms with Crippen LogP contribution >= 0.6 is 0 Å². The number of esters is 2. The molecular weight excluding hydrogens is 354 g/mol. The summed E-state index contributed by atoms with van der Waals surface area (Å²) in [7, 11) is 1.77. The Labute approximate surface area is 167 Å². The standard InChI is InChI=1S/C23H29NO4/c1-4-20(22(25)27-16-18-12-8-6-9-13-18)24(3)21(5-2)23(26)28-17-19-14-10-7-11-15-19/h6-15,20-21H,4-5,16-17H2,1-3H3. The fraction of sp³-hybridized carbons (Fsp3) is 0.391. The number of rotatable bonds is 10. The van der Waals surface area contributed by atoms with E-state index in [-0.39, 0.29) is 25.2 Å². The summed E-state index contributed by atoms with van der Waals surface area (Å²) >= 11 is 0. The summed E-state index contributed by atoms with van der Waals surface area (Å²) in [4.78, 5) is 27.0. The molecule has 28 heavy (non-hydrogen) atoms. The first-order valence-electron chi connectivity index (χ1n) is 9.69. The maximum absolute atomic E-state index is 12.6. The third kappa shape index (κ3) is 6.20. The van der Waals surface area contributed by atoms with Gasteiger partial charge in [-0.2, -0.15) is 0 Å². The zero-order valence-electron chi connectivity index (χ0n) is 16.8. The van der Waals surface area contributed by atoms with Crippen LogP contribution in [0.4, 0.5) is 0 Å². The number of benzene rings is 2. The number of nitrogens with zero attached hydrogens (tertiary/aromatic N) is 1. The lowest BCUT2D eigenvalue weighted by atomic mass is 10.1. The fourth-order valence-electron chi connectivity index (χ4n) is 3.11. The number of hydrogen-bond acceptors (Lipinski definition) is 5. The molecule has 0 aliphatic rings. The van der Waals surface area contributed by atoms with Crippen molar-refractivity contribution in [1.29, 1.82) is 0 Å². The zero-order valence-corrected chi connectivity index (χ0v) is 16.8. The van der Waals surface area contributed by atoms with Gasteiger partial charge < -0.3 is 9.47 Å². The molecule has 0 saturated carbocycles. The molecule has 0 N–H and O–H groups in total. The minimum Gasteiger partial charge on any atom is -0.460 e. The second kappa shape index (κ2) is 11.2. The number of carbonyl (C=O) groups excluding carboxylic acids is 2. The fourth-order valence-corrected chi connectivity index (χ4v) is 3.11. The van der Waals surface area contributed by atoms with Crippen LogP contribution < -0.4 is 0 Å². The van der Waals surface area contributed by atoms with Gasteiger partial charge in [0.15, 0.2) is 0 Å². The van der Waals surface area contributed by atoms with Gasteiger partial charge in [0.2, 0.25) is 0 Å². The molecule has 0 heterocycles. The number of ether oxygens (including phenoxy) is 2. The van der Waals surface area contributed by atoms with Gasteiger partial charge in [0.05, 0.1) is 0 Å². The van der Waals surface area contributed by atoms with Crippen molar-refractivity contribution in [2.24, 2.45) is 0 Å². The Morgan fingerprint density at radius 1 is 0.750 bits per heavy atom. The van der Waals surface area contributed by atoms with E-state index in [1.54, 1.807) is 11.9 Å². The molecule has 0 saturated heterocycles. The van der Waals surface area contributed by atoms with Gasteiger partial charge in [0, 0.05) is 0 Å². The maximum atomic E-state index is 12.6. The van der Waals surface area contributed by atoms with E-state index in [4.69, 9.17) is 9.47 Å². The van der Waals surface area contributed by atoms with Crippen molar-refractivity contribution in [3.63, 3.8) is 0 Å². The molecule has 2 atom stereocenters. The molecule has 2 unspecified atom stereocenters. The molecule has 0 amide bonds. The average molecular weight is 383 g/mol. The molecule has 0 aromatic heterocycles. The van der Waals surface area contributed by atoms with Crippen molar-refractivity contribution < 1.29 is 19.1 Å². The largest absolute Gasteiger partial charge is 0.460 e. The van der Waals surface area contributed by atoms with Gasteiger partial charge in [0.1, 0.15) is 25.3 Å². The van der Waals surface area contributed by atoms with E-state index in [1.165, 1.54) is 0 Å². The maximum Gasteiger partial charge on any atom is 0.323 e. The molecule has 2 aromatic rings. The van der Waals surface area contributed by atoms with Crippen molar-refractivity contribution in [3.05, 3.63) is 71.8 Å². The van der Waals surface area contributed by atoms with E-state index in [0.29, 0.717) is 12.8 Å².